The fraction of sp³-hybridized carbons (Fsp3) is 0.500. The summed E-state index contributed by atoms with van der Waals surface area (Å²) < 4.78 is 1.17. The first-order valence-electron chi connectivity index (χ1n) is 6.47. The Hall–Kier alpha value is -2.11. The third kappa shape index (κ3) is 3.69. The minimum absolute atomic E-state index is 0.0128. The molecule has 0 aromatic carbocycles. The molecular weight excluding hydrogens is 260 g/mol. The summed E-state index contributed by atoms with van der Waals surface area (Å²) in [5, 5.41) is 11.7. The van der Waals surface area contributed by atoms with Crippen molar-refractivity contribution in [2.24, 2.45) is 5.92 Å². The van der Waals surface area contributed by atoms with E-state index in [1.54, 1.807) is 6.92 Å². The summed E-state index contributed by atoms with van der Waals surface area (Å²) in [6.07, 6.45) is 0. The van der Waals surface area contributed by atoms with Crippen LogP contribution in [-0.2, 0) is 11.3 Å². The molecule has 0 bridgehead atoms. The molecule has 0 fully saturated rings. The molecule has 0 aliphatic heterocycles. The van der Waals surface area contributed by atoms with E-state index in [0.717, 1.165) is 0 Å². The zero-order valence-electron chi connectivity index (χ0n) is 12.1. The fourth-order valence-electron chi connectivity index (χ4n) is 1.64. The summed E-state index contributed by atoms with van der Waals surface area (Å²) in [6.45, 7) is 7.32. The molecule has 1 heterocycles. The van der Waals surface area contributed by atoms with E-state index in [0.29, 0.717) is 5.69 Å². The number of aromatic carboxylic acids is 1. The summed E-state index contributed by atoms with van der Waals surface area (Å²) in [6, 6.07) is 2.76. The number of hydrogen-bond acceptors (Lipinski definition) is 3. The highest BCUT2D eigenvalue weighted by atomic mass is 16.4. The van der Waals surface area contributed by atoms with Gasteiger partial charge in [0.15, 0.2) is 0 Å². The smallest absolute Gasteiger partial charge is 0.341 e. The van der Waals surface area contributed by atoms with Crippen LogP contribution >= 0.6 is 0 Å². The molecule has 0 aliphatic carbocycles. The Morgan fingerprint density at radius 3 is 2.40 bits per heavy atom. The quantitative estimate of drug-likeness (QED) is 0.842. The fourth-order valence-corrected chi connectivity index (χ4v) is 1.64. The van der Waals surface area contributed by atoms with Crippen LogP contribution in [0.4, 0.5) is 0 Å². The van der Waals surface area contributed by atoms with Gasteiger partial charge < -0.3 is 15.0 Å². The first kappa shape index (κ1) is 15.9. The summed E-state index contributed by atoms with van der Waals surface area (Å²) in [4.78, 5) is 34.8. The van der Waals surface area contributed by atoms with Gasteiger partial charge in [-0.15, -0.1) is 0 Å². The van der Waals surface area contributed by atoms with Gasteiger partial charge in [0.2, 0.25) is 5.91 Å². The lowest BCUT2D eigenvalue weighted by atomic mass is 10.1. The maximum Gasteiger partial charge on any atom is 0.341 e. The number of hydrogen-bond donors (Lipinski definition) is 2. The predicted octanol–water partition coefficient (Wildman–Crippen LogP) is 1.02. The Labute approximate surface area is 117 Å². The summed E-state index contributed by atoms with van der Waals surface area (Å²) in [7, 11) is 0. The van der Waals surface area contributed by atoms with E-state index in [1.165, 1.54) is 16.7 Å². The van der Waals surface area contributed by atoms with Crippen molar-refractivity contribution in [1.29, 1.82) is 0 Å². The first-order chi connectivity index (χ1) is 9.23. The highest BCUT2D eigenvalue weighted by molar-refractivity contribution is 5.87. The number of aryl methyl sites for hydroxylation is 1. The number of nitrogens with zero attached hydrogens (tertiary/aromatic N) is 1. The highest BCUT2D eigenvalue weighted by Crippen LogP contribution is 2.02. The maximum atomic E-state index is 12.0. The van der Waals surface area contributed by atoms with Crippen LogP contribution in [0.15, 0.2) is 16.9 Å². The molecule has 1 aromatic heterocycles. The third-order valence-electron chi connectivity index (χ3n) is 3.31. The number of rotatable bonds is 5. The van der Waals surface area contributed by atoms with Gasteiger partial charge in [0.1, 0.15) is 12.1 Å². The van der Waals surface area contributed by atoms with Crippen LogP contribution < -0.4 is 10.9 Å². The molecule has 1 unspecified atom stereocenters. The zero-order valence-corrected chi connectivity index (χ0v) is 12.1. The number of carboxylic acids is 1. The predicted molar refractivity (Wildman–Crippen MR) is 74.8 cm³/mol. The third-order valence-corrected chi connectivity index (χ3v) is 3.31. The second-order valence-electron chi connectivity index (χ2n) is 5.19. The van der Waals surface area contributed by atoms with Crippen LogP contribution in [0.25, 0.3) is 0 Å². The van der Waals surface area contributed by atoms with Crippen LogP contribution in [0, 0.1) is 12.8 Å². The van der Waals surface area contributed by atoms with Gasteiger partial charge in [0.25, 0.3) is 5.56 Å². The minimum atomic E-state index is -1.29. The van der Waals surface area contributed by atoms with Crippen molar-refractivity contribution in [2.75, 3.05) is 0 Å². The Balaban J connectivity index is 2.98. The normalized spacial score (nSPS) is 12.2. The van der Waals surface area contributed by atoms with Crippen molar-refractivity contribution in [2.45, 2.75) is 40.3 Å². The van der Waals surface area contributed by atoms with Crippen molar-refractivity contribution in [3.8, 4) is 0 Å². The molecule has 0 radical (unpaired) electrons. The van der Waals surface area contributed by atoms with Crippen molar-refractivity contribution in [1.82, 2.24) is 9.88 Å². The van der Waals surface area contributed by atoms with E-state index in [-0.39, 0.29) is 30.0 Å². The number of aromatic nitrogens is 1. The number of carbonyl (C=O) groups excluding carboxylic acids is 1. The standard InChI is InChI=1S/C14H20N2O4/c1-8(2)10(4)15-12(17)7-16-9(3)5-6-11(13(16)18)14(19)20/h5-6,8,10H,7H2,1-4H3,(H,15,17)(H,19,20). The Kier molecular flexibility index (Phi) is 5.07. The van der Waals surface area contributed by atoms with E-state index in [2.05, 4.69) is 5.32 Å². The molecule has 0 saturated carbocycles. The molecule has 1 amide bonds. The van der Waals surface area contributed by atoms with E-state index in [4.69, 9.17) is 5.11 Å². The Morgan fingerprint density at radius 1 is 1.30 bits per heavy atom. The molecule has 0 aliphatic rings. The van der Waals surface area contributed by atoms with Gasteiger partial charge in [0.05, 0.1) is 0 Å². The van der Waals surface area contributed by atoms with Crippen LogP contribution in [0.1, 0.15) is 36.8 Å². The second kappa shape index (κ2) is 6.36. The summed E-state index contributed by atoms with van der Waals surface area (Å²) in [5.74, 6) is -1.32. The molecular formula is C14H20N2O4. The van der Waals surface area contributed by atoms with Crippen molar-refractivity contribution in [3.63, 3.8) is 0 Å². The molecule has 2 N–H and O–H groups in total. The Morgan fingerprint density at radius 2 is 1.90 bits per heavy atom. The van der Waals surface area contributed by atoms with Crippen molar-refractivity contribution >= 4 is 11.9 Å². The van der Waals surface area contributed by atoms with Gasteiger partial charge in [-0.1, -0.05) is 13.8 Å². The van der Waals surface area contributed by atoms with E-state index in [9.17, 15) is 14.4 Å². The lowest BCUT2D eigenvalue weighted by Gasteiger charge is -2.18. The van der Waals surface area contributed by atoms with Crippen LogP contribution in [0.5, 0.6) is 0 Å². The van der Waals surface area contributed by atoms with Gasteiger partial charge in [0, 0.05) is 11.7 Å². The topological polar surface area (TPSA) is 88.4 Å². The SMILES string of the molecule is Cc1ccc(C(=O)O)c(=O)n1CC(=O)NC(C)C(C)C. The molecule has 0 spiro atoms. The average Bonchev–Trinajstić information content (AvgIpc) is 2.33. The highest BCUT2D eigenvalue weighted by Gasteiger charge is 2.16. The van der Waals surface area contributed by atoms with Crippen molar-refractivity contribution < 1.29 is 14.7 Å². The molecule has 0 saturated heterocycles. The molecule has 6 heteroatoms. The number of pyridine rings is 1. The number of amides is 1. The lowest BCUT2D eigenvalue weighted by molar-refractivity contribution is -0.122. The monoisotopic (exact) mass is 280 g/mol. The number of carboxylic acid groups (broad SMARTS) is 1. The summed E-state index contributed by atoms with van der Waals surface area (Å²) >= 11 is 0. The van der Waals surface area contributed by atoms with Gasteiger partial charge in [-0.05, 0) is 31.9 Å². The largest absolute Gasteiger partial charge is 0.477 e. The van der Waals surface area contributed by atoms with Crippen molar-refractivity contribution in [3.05, 3.63) is 33.7 Å². The second-order valence-corrected chi connectivity index (χ2v) is 5.19. The van der Waals surface area contributed by atoms with Crippen LogP contribution in [0.3, 0.4) is 0 Å². The van der Waals surface area contributed by atoms with Crippen LogP contribution in [0.2, 0.25) is 0 Å². The Bertz CT molecular complexity index is 575. The molecule has 1 rings (SSSR count). The van der Waals surface area contributed by atoms with E-state index in [1.807, 2.05) is 20.8 Å². The van der Waals surface area contributed by atoms with Gasteiger partial charge >= 0.3 is 5.97 Å². The molecule has 1 aromatic rings. The molecule has 6 nitrogen and oxygen atoms in total. The molecule has 110 valence electrons. The van der Waals surface area contributed by atoms with Gasteiger partial charge in [-0.25, -0.2) is 4.79 Å². The van der Waals surface area contributed by atoms with E-state index >= 15 is 0 Å². The minimum Gasteiger partial charge on any atom is -0.477 e. The van der Waals surface area contributed by atoms with Gasteiger partial charge in [-0.3, -0.25) is 9.59 Å². The van der Waals surface area contributed by atoms with Crippen LogP contribution in [-0.4, -0.2) is 27.6 Å². The van der Waals surface area contributed by atoms with E-state index < -0.39 is 11.5 Å². The molecule has 1 atom stereocenters. The summed E-state index contributed by atoms with van der Waals surface area (Å²) in [5.41, 5.74) is -0.447. The zero-order chi connectivity index (χ0) is 15.4. The number of nitrogens with one attached hydrogen (secondary N) is 1. The van der Waals surface area contributed by atoms with Gasteiger partial charge in [-0.2, -0.15) is 0 Å². The average molecular weight is 280 g/mol. The maximum absolute atomic E-state index is 12.0. The lowest BCUT2D eigenvalue weighted by Crippen LogP contribution is -2.40. The number of carbonyl (C=O) groups is 2. The molecule has 20 heavy (non-hydrogen) atoms. The first-order valence-corrected chi connectivity index (χ1v) is 6.47.